The minimum absolute atomic E-state index is 0.0156. The molecule has 0 aliphatic heterocycles. The van der Waals surface area contributed by atoms with Crippen molar-refractivity contribution in [2.45, 2.75) is 33.7 Å². The lowest BCUT2D eigenvalue weighted by Gasteiger charge is -2.07. The summed E-state index contributed by atoms with van der Waals surface area (Å²) in [6, 6.07) is 3.79. The second-order valence-corrected chi connectivity index (χ2v) is 6.62. The van der Waals surface area contributed by atoms with Crippen LogP contribution < -0.4 is 0 Å². The van der Waals surface area contributed by atoms with Crippen LogP contribution in [0.15, 0.2) is 18.3 Å². The first-order valence-corrected chi connectivity index (χ1v) is 7.86. The summed E-state index contributed by atoms with van der Waals surface area (Å²) in [5, 5.41) is 11.1. The van der Waals surface area contributed by atoms with Crippen molar-refractivity contribution in [1.82, 2.24) is 14.5 Å². The van der Waals surface area contributed by atoms with Gasteiger partial charge >= 0.3 is 5.97 Å². The molecule has 114 valence electrons. The molecule has 0 bridgehead atoms. The lowest BCUT2D eigenvalue weighted by molar-refractivity contribution is -0.136. The molecule has 3 heterocycles. The third kappa shape index (κ3) is 2.50. The van der Waals surface area contributed by atoms with E-state index >= 15 is 0 Å². The van der Waals surface area contributed by atoms with Crippen molar-refractivity contribution < 1.29 is 9.90 Å². The molecule has 5 nitrogen and oxygen atoms in total. The number of carbonyl (C=O) groups is 1. The molecule has 0 saturated heterocycles. The van der Waals surface area contributed by atoms with Crippen molar-refractivity contribution in [3.63, 3.8) is 0 Å². The number of aromatic nitrogens is 3. The Morgan fingerprint density at radius 2 is 2.14 bits per heavy atom. The molecular weight excluding hydrogens is 298 g/mol. The van der Waals surface area contributed by atoms with Gasteiger partial charge in [-0.2, -0.15) is 0 Å². The highest BCUT2D eigenvalue weighted by Crippen LogP contribution is 2.27. The van der Waals surface area contributed by atoms with Crippen molar-refractivity contribution in [1.29, 1.82) is 0 Å². The van der Waals surface area contributed by atoms with Gasteiger partial charge in [0.25, 0.3) is 0 Å². The highest BCUT2D eigenvalue weighted by Gasteiger charge is 2.18. The largest absolute Gasteiger partial charge is 0.481 e. The van der Waals surface area contributed by atoms with Crippen LogP contribution in [0.2, 0.25) is 0 Å². The fourth-order valence-electron chi connectivity index (χ4n) is 2.80. The first-order valence-electron chi connectivity index (χ1n) is 7.04. The van der Waals surface area contributed by atoms with E-state index in [-0.39, 0.29) is 6.42 Å². The second kappa shape index (κ2) is 5.53. The number of hydrogen-bond acceptors (Lipinski definition) is 4. The van der Waals surface area contributed by atoms with Gasteiger partial charge in [0.05, 0.1) is 23.7 Å². The monoisotopic (exact) mass is 315 g/mol. The van der Waals surface area contributed by atoms with Crippen LogP contribution in [0.25, 0.3) is 11.0 Å². The van der Waals surface area contributed by atoms with Gasteiger partial charge in [0, 0.05) is 22.2 Å². The summed E-state index contributed by atoms with van der Waals surface area (Å²) in [7, 11) is 0. The third-order valence-corrected chi connectivity index (χ3v) is 4.90. The summed E-state index contributed by atoms with van der Waals surface area (Å²) in [6.45, 7) is 6.64. The van der Waals surface area contributed by atoms with Gasteiger partial charge in [0.15, 0.2) is 0 Å². The molecule has 0 radical (unpaired) electrons. The molecule has 0 amide bonds. The number of aliphatic carboxylic acids is 1. The van der Waals surface area contributed by atoms with Crippen LogP contribution in [-0.4, -0.2) is 25.6 Å². The Morgan fingerprint density at radius 1 is 1.36 bits per heavy atom. The SMILES string of the molecule is Cc1nc(C)c(Cn2c(C)c(CC(=O)O)c3cccnc32)s1. The zero-order valence-electron chi connectivity index (χ0n) is 12.8. The average Bonchev–Trinajstić information content (AvgIpc) is 2.91. The first kappa shape index (κ1) is 14.7. The third-order valence-electron chi connectivity index (χ3n) is 3.84. The van der Waals surface area contributed by atoms with Gasteiger partial charge in [0.1, 0.15) is 5.65 Å². The lowest BCUT2D eigenvalue weighted by Crippen LogP contribution is -2.05. The molecule has 0 aromatic carbocycles. The number of pyridine rings is 1. The fraction of sp³-hybridized carbons (Fsp3) is 0.312. The van der Waals surface area contributed by atoms with E-state index in [4.69, 9.17) is 5.11 Å². The Hall–Kier alpha value is -2.21. The quantitative estimate of drug-likeness (QED) is 0.803. The van der Waals surface area contributed by atoms with Gasteiger partial charge in [-0.15, -0.1) is 11.3 Å². The number of carboxylic acid groups (broad SMARTS) is 1. The molecule has 0 aliphatic rings. The average molecular weight is 315 g/mol. The Bertz CT molecular complexity index is 864. The van der Waals surface area contributed by atoms with E-state index in [1.165, 1.54) is 4.88 Å². The molecule has 0 aliphatic carbocycles. The van der Waals surface area contributed by atoms with Gasteiger partial charge in [-0.05, 0) is 38.5 Å². The van der Waals surface area contributed by atoms with Crippen LogP contribution in [0, 0.1) is 20.8 Å². The summed E-state index contributed by atoms with van der Waals surface area (Å²) >= 11 is 1.67. The zero-order chi connectivity index (χ0) is 15.9. The van der Waals surface area contributed by atoms with Crippen LogP contribution in [-0.2, 0) is 17.8 Å². The number of hydrogen-bond donors (Lipinski definition) is 1. The van der Waals surface area contributed by atoms with E-state index in [1.54, 1.807) is 17.5 Å². The molecular formula is C16H17N3O2S. The zero-order valence-corrected chi connectivity index (χ0v) is 13.6. The topological polar surface area (TPSA) is 68.0 Å². The number of thiazole rings is 1. The summed E-state index contributed by atoms with van der Waals surface area (Å²) < 4.78 is 2.09. The molecule has 0 fully saturated rings. The van der Waals surface area contributed by atoms with Crippen molar-refractivity contribution in [2.75, 3.05) is 0 Å². The molecule has 6 heteroatoms. The molecule has 3 aromatic rings. The number of carboxylic acids is 1. The normalized spacial score (nSPS) is 11.2. The molecule has 0 saturated carbocycles. The van der Waals surface area contributed by atoms with E-state index in [0.717, 1.165) is 33.0 Å². The van der Waals surface area contributed by atoms with Crippen molar-refractivity contribution in [3.8, 4) is 0 Å². The Morgan fingerprint density at radius 3 is 2.77 bits per heavy atom. The highest BCUT2D eigenvalue weighted by atomic mass is 32.1. The maximum absolute atomic E-state index is 11.2. The summed E-state index contributed by atoms with van der Waals surface area (Å²) in [6.07, 6.45) is 1.76. The van der Waals surface area contributed by atoms with Crippen LogP contribution >= 0.6 is 11.3 Å². The summed E-state index contributed by atoms with van der Waals surface area (Å²) in [5.74, 6) is -0.823. The van der Waals surface area contributed by atoms with Gasteiger partial charge in [0.2, 0.25) is 0 Å². The highest BCUT2D eigenvalue weighted by molar-refractivity contribution is 7.11. The number of nitrogens with zero attached hydrogens (tertiary/aromatic N) is 3. The predicted octanol–water partition coefficient (Wildman–Crippen LogP) is 3.09. The molecule has 3 rings (SSSR count). The van der Waals surface area contributed by atoms with Crippen molar-refractivity contribution in [3.05, 3.63) is 45.2 Å². The standard InChI is InChI=1S/C16H17N3O2S/c1-9-14(22-11(3)18-9)8-19-10(2)13(7-15(20)21)12-5-4-6-17-16(12)19/h4-6H,7-8H2,1-3H3,(H,20,21). The Balaban J connectivity index is 2.15. The minimum Gasteiger partial charge on any atom is -0.481 e. The maximum Gasteiger partial charge on any atom is 0.307 e. The summed E-state index contributed by atoms with van der Waals surface area (Å²) in [4.78, 5) is 21.3. The summed E-state index contributed by atoms with van der Waals surface area (Å²) in [5.41, 5.74) is 3.66. The van der Waals surface area contributed by atoms with E-state index in [9.17, 15) is 4.79 Å². The van der Waals surface area contributed by atoms with Gasteiger partial charge < -0.3 is 9.67 Å². The number of aryl methyl sites for hydroxylation is 2. The van der Waals surface area contributed by atoms with Crippen LogP contribution in [0.5, 0.6) is 0 Å². The molecule has 22 heavy (non-hydrogen) atoms. The van der Waals surface area contributed by atoms with E-state index in [0.29, 0.717) is 6.54 Å². The van der Waals surface area contributed by atoms with Gasteiger partial charge in [-0.1, -0.05) is 0 Å². The van der Waals surface area contributed by atoms with E-state index in [2.05, 4.69) is 14.5 Å². The first-order chi connectivity index (χ1) is 10.5. The van der Waals surface area contributed by atoms with Crippen LogP contribution in [0.3, 0.4) is 0 Å². The molecule has 1 N–H and O–H groups in total. The fourth-order valence-corrected chi connectivity index (χ4v) is 3.72. The van der Waals surface area contributed by atoms with Gasteiger partial charge in [-0.3, -0.25) is 4.79 Å². The molecule has 0 spiro atoms. The van der Waals surface area contributed by atoms with Gasteiger partial charge in [-0.25, -0.2) is 9.97 Å². The Labute approximate surface area is 132 Å². The number of rotatable bonds is 4. The smallest absolute Gasteiger partial charge is 0.307 e. The molecule has 0 atom stereocenters. The van der Waals surface area contributed by atoms with Crippen molar-refractivity contribution >= 4 is 28.3 Å². The van der Waals surface area contributed by atoms with Crippen LogP contribution in [0.1, 0.15) is 26.8 Å². The minimum atomic E-state index is -0.823. The second-order valence-electron chi connectivity index (χ2n) is 5.34. The molecule has 3 aromatic heterocycles. The maximum atomic E-state index is 11.2. The Kier molecular flexibility index (Phi) is 3.70. The predicted molar refractivity (Wildman–Crippen MR) is 86.5 cm³/mol. The van der Waals surface area contributed by atoms with E-state index in [1.807, 2.05) is 32.9 Å². The van der Waals surface area contributed by atoms with Crippen molar-refractivity contribution in [2.24, 2.45) is 0 Å². The number of fused-ring (bicyclic) bond motifs is 1. The lowest BCUT2D eigenvalue weighted by atomic mass is 10.1. The van der Waals surface area contributed by atoms with E-state index < -0.39 is 5.97 Å². The molecule has 0 unspecified atom stereocenters. The van der Waals surface area contributed by atoms with Crippen LogP contribution in [0.4, 0.5) is 0 Å².